The number of rotatable bonds is 11. The van der Waals surface area contributed by atoms with Gasteiger partial charge in [0.25, 0.3) is 0 Å². The zero-order valence-electron chi connectivity index (χ0n) is 31.5. The number of aliphatic hydroxyl groups excluding tert-OH is 4. The van der Waals surface area contributed by atoms with Crippen molar-refractivity contribution in [2.45, 2.75) is 97.7 Å². The summed E-state index contributed by atoms with van der Waals surface area (Å²) in [6, 6.07) is 19.9. The Morgan fingerprint density at radius 3 is 2.08 bits per heavy atom. The van der Waals surface area contributed by atoms with Crippen molar-refractivity contribution in [1.82, 2.24) is 0 Å². The Hall–Kier alpha value is -4.00. The highest BCUT2D eigenvalue weighted by Gasteiger charge is 2.33. The Labute approximate surface area is 317 Å². The van der Waals surface area contributed by atoms with Gasteiger partial charge in [0.05, 0.1) is 55.1 Å². The first kappa shape index (κ1) is 45.2. The number of carbonyl (C=O) groups is 1. The lowest BCUT2D eigenvalue weighted by atomic mass is 10.0. The highest BCUT2D eigenvalue weighted by atomic mass is 32.2. The molecule has 53 heavy (non-hydrogen) atoms. The number of hydrogen-bond donors (Lipinski definition) is 4. The van der Waals surface area contributed by atoms with Crippen LogP contribution < -0.4 is 9.08 Å². The van der Waals surface area contributed by atoms with Crippen LogP contribution >= 0.6 is 12.0 Å². The van der Waals surface area contributed by atoms with E-state index in [0.717, 1.165) is 40.0 Å². The molecule has 3 aromatic carbocycles. The van der Waals surface area contributed by atoms with Gasteiger partial charge in [-0.15, -0.1) is 0 Å². The van der Waals surface area contributed by atoms with Crippen LogP contribution in [-0.4, -0.2) is 63.0 Å². The molecule has 8 nitrogen and oxygen atoms in total. The van der Waals surface area contributed by atoms with Crippen molar-refractivity contribution in [2.75, 3.05) is 17.3 Å². The van der Waals surface area contributed by atoms with Gasteiger partial charge in [-0.1, -0.05) is 63.3 Å². The van der Waals surface area contributed by atoms with E-state index in [1.807, 2.05) is 84.0 Å². The molecule has 5 unspecified atom stereocenters. The molecule has 2 saturated heterocycles. The van der Waals surface area contributed by atoms with E-state index in [1.165, 1.54) is 36.3 Å². The fourth-order valence-electron chi connectivity index (χ4n) is 5.31. The van der Waals surface area contributed by atoms with Gasteiger partial charge in [0, 0.05) is 31.0 Å². The molecule has 0 radical (unpaired) electrons. The predicted octanol–water partition coefficient (Wildman–Crippen LogP) is 9.28. The third-order valence-corrected chi connectivity index (χ3v) is 9.04. The molecule has 4 N–H and O–H groups in total. The number of ether oxygens (including phenoxy) is 1. The minimum atomic E-state index is -0.462. The zero-order chi connectivity index (χ0) is 39.3. The number of hydrogen-bond acceptors (Lipinski definition) is 8. The Morgan fingerprint density at radius 2 is 1.57 bits per heavy atom. The first-order chi connectivity index (χ1) is 25.5. The lowest BCUT2D eigenvalue weighted by Crippen LogP contribution is -2.51. The molecular formula is C42H55F2NO7S. The van der Waals surface area contributed by atoms with Gasteiger partial charge in [0.2, 0.25) is 5.91 Å². The molecule has 5 rings (SSSR count). The van der Waals surface area contributed by atoms with Crippen molar-refractivity contribution in [1.29, 1.82) is 0 Å². The van der Waals surface area contributed by atoms with E-state index in [0.29, 0.717) is 31.4 Å². The number of nitrogens with zero attached hydrogens (tertiary/aromatic N) is 1. The number of carbonyl (C=O) groups excluding carboxylic acids is 1. The van der Waals surface area contributed by atoms with Crippen molar-refractivity contribution < 1.29 is 42.9 Å². The molecule has 2 aliphatic rings. The summed E-state index contributed by atoms with van der Waals surface area (Å²) in [5.41, 5.74) is 4.44. The maximum Gasteiger partial charge on any atom is 0.229 e. The smallest absolute Gasteiger partial charge is 0.229 e. The summed E-state index contributed by atoms with van der Waals surface area (Å²) in [4.78, 5) is 12.8. The van der Waals surface area contributed by atoms with Crippen LogP contribution in [0.1, 0.15) is 84.5 Å². The lowest BCUT2D eigenvalue weighted by Gasteiger charge is -2.38. The van der Waals surface area contributed by atoms with E-state index < -0.39 is 12.2 Å². The van der Waals surface area contributed by atoms with Crippen LogP contribution in [-0.2, 0) is 9.53 Å². The fraction of sp³-hybridized carbons (Fsp3) is 0.405. The quantitative estimate of drug-likeness (QED) is 0.0662. The predicted molar refractivity (Wildman–Crippen MR) is 211 cm³/mol. The maximum absolute atomic E-state index is 12.6. The van der Waals surface area contributed by atoms with Crippen molar-refractivity contribution >= 4 is 29.2 Å². The van der Waals surface area contributed by atoms with E-state index in [-0.39, 0.29) is 42.4 Å². The Kier molecular flexibility index (Phi) is 20.7. The van der Waals surface area contributed by atoms with Gasteiger partial charge in [-0.2, -0.15) is 0 Å². The van der Waals surface area contributed by atoms with Crippen LogP contribution in [0.15, 0.2) is 103 Å². The summed E-state index contributed by atoms with van der Waals surface area (Å²) >= 11 is 1.28. The average Bonchev–Trinajstić information content (AvgIpc) is 3.17. The minimum absolute atomic E-state index is 0.0735. The van der Waals surface area contributed by atoms with Crippen molar-refractivity contribution in [3.05, 3.63) is 126 Å². The second-order valence-electron chi connectivity index (χ2n) is 12.3. The summed E-state index contributed by atoms with van der Waals surface area (Å²) in [7, 11) is 0. The van der Waals surface area contributed by atoms with Crippen molar-refractivity contribution in [3.63, 3.8) is 0 Å². The Bertz CT molecular complexity index is 1580. The number of aliphatic hydroxyl groups is 4. The molecular weight excluding hydrogens is 701 g/mol. The molecule has 290 valence electrons. The third kappa shape index (κ3) is 15.5. The number of halogens is 2. The molecule has 0 saturated carbocycles. The van der Waals surface area contributed by atoms with E-state index in [1.54, 1.807) is 29.2 Å². The second kappa shape index (κ2) is 24.3. The molecule has 0 spiro atoms. The summed E-state index contributed by atoms with van der Waals surface area (Å²) in [5.74, 6) is 0.899. The molecule has 2 heterocycles. The molecule has 2 fully saturated rings. The number of benzene rings is 3. The summed E-state index contributed by atoms with van der Waals surface area (Å²) < 4.78 is 36.4. The van der Waals surface area contributed by atoms with Crippen LogP contribution in [0, 0.1) is 11.6 Å². The van der Waals surface area contributed by atoms with Crippen LogP contribution in [0.4, 0.5) is 14.5 Å². The highest BCUT2D eigenvalue weighted by Crippen LogP contribution is 2.28. The van der Waals surface area contributed by atoms with Crippen LogP contribution in [0.2, 0.25) is 0 Å². The van der Waals surface area contributed by atoms with E-state index >= 15 is 0 Å². The second-order valence-corrected chi connectivity index (χ2v) is 13.0. The highest BCUT2D eigenvalue weighted by molar-refractivity contribution is 7.95. The largest absolute Gasteiger partial charge is 0.515 e. The topological polar surface area (TPSA) is 120 Å². The van der Waals surface area contributed by atoms with E-state index in [2.05, 4.69) is 0 Å². The molecule has 0 aromatic heterocycles. The first-order valence-electron chi connectivity index (χ1n) is 18.0. The number of β-lactam (4-membered cyclic amide) rings is 1. The Morgan fingerprint density at radius 1 is 0.981 bits per heavy atom. The van der Waals surface area contributed by atoms with Gasteiger partial charge in [0.15, 0.2) is 0 Å². The molecule has 0 bridgehead atoms. The lowest BCUT2D eigenvalue weighted by molar-refractivity contribution is -0.123. The third-order valence-electron chi connectivity index (χ3n) is 8.22. The van der Waals surface area contributed by atoms with E-state index in [9.17, 15) is 28.9 Å². The monoisotopic (exact) mass is 755 g/mol. The Balaban J connectivity index is 0.000000308. The molecule has 2 aliphatic heterocycles. The van der Waals surface area contributed by atoms with Gasteiger partial charge in [0.1, 0.15) is 17.4 Å². The van der Waals surface area contributed by atoms with Crippen molar-refractivity contribution in [2.24, 2.45) is 0 Å². The van der Waals surface area contributed by atoms with Gasteiger partial charge < -0.3 is 34.2 Å². The van der Waals surface area contributed by atoms with E-state index in [4.69, 9.17) is 14.0 Å². The fourth-order valence-corrected chi connectivity index (χ4v) is 5.99. The van der Waals surface area contributed by atoms with Crippen LogP contribution in [0.5, 0.6) is 5.75 Å². The van der Waals surface area contributed by atoms with Crippen LogP contribution in [0.25, 0.3) is 5.57 Å². The van der Waals surface area contributed by atoms with Gasteiger partial charge in [-0.25, -0.2) is 8.78 Å². The van der Waals surface area contributed by atoms with Gasteiger partial charge in [-0.3, -0.25) is 4.79 Å². The normalized spacial score (nSPS) is 20.5. The molecule has 0 aliphatic carbocycles. The van der Waals surface area contributed by atoms with Gasteiger partial charge >= 0.3 is 0 Å². The number of anilines is 1. The van der Waals surface area contributed by atoms with Crippen molar-refractivity contribution in [3.8, 4) is 5.75 Å². The summed E-state index contributed by atoms with van der Waals surface area (Å²) in [6.07, 6.45) is 7.87. The maximum atomic E-state index is 12.6. The molecule has 1 amide bonds. The summed E-state index contributed by atoms with van der Waals surface area (Å²) in [5, 5.41) is 37.3. The standard InChI is InChI=1S/C21H28O5S.C10H10FNO.C9H11FO.C2H6/c1-3-16(5-4-15(2)12-22)17-6-8-19(9-7-17)26-27-14-21-11-18(24)10-20(13-23)25-21;1-7-6-10(13)12(7)9-4-2-8(11)3-5-9;1-2-9(11)7-3-5-8(10)6-4-7;1-2/h3-9,12,18,20-24H,10-11,13-14H2,1-2H3;2-5,7H,6H2,1H3;3-6,9,11H,2H2,1H3;1-2H3/b5-4-,15-12+,16-3+;;;. The van der Waals surface area contributed by atoms with Crippen LogP contribution in [0.3, 0.4) is 0 Å². The SMILES string of the molecule is CC.CC1CC(=O)N1c1ccc(F)cc1.CCC(O)c1ccc(F)cc1.C\C=C(/C=C\C(C)=C\O)c1ccc(OSCC2CC(O)CC(CO)O2)cc1. The minimum Gasteiger partial charge on any atom is -0.515 e. The first-order valence-corrected chi connectivity index (χ1v) is 18.9. The number of amides is 1. The summed E-state index contributed by atoms with van der Waals surface area (Å²) in [6.45, 7) is 11.6. The molecule has 11 heteroatoms. The molecule has 5 atom stereocenters. The average molecular weight is 756 g/mol. The molecule has 3 aromatic rings. The van der Waals surface area contributed by atoms with Gasteiger partial charge in [-0.05, 0) is 98.0 Å². The zero-order valence-corrected chi connectivity index (χ0v) is 32.3. The number of allylic oxidation sites excluding steroid dienone is 5.